The van der Waals surface area contributed by atoms with Gasteiger partial charge in [-0.2, -0.15) is 0 Å². The van der Waals surface area contributed by atoms with Gasteiger partial charge in [0.2, 0.25) is 11.9 Å². The molecular weight excluding hydrogens is 405 g/mol. The Kier molecular flexibility index (Phi) is 6.78. The molecule has 0 aliphatic carbocycles. The van der Waals surface area contributed by atoms with Crippen LogP contribution in [-0.2, 0) is 9.53 Å². The number of carbonyl (C=O) groups is 3. The van der Waals surface area contributed by atoms with Crippen LogP contribution in [0, 0.1) is 11.7 Å². The first-order valence-corrected chi connectivity index (χ1v) is 10.1. The van der Waals surface area contributed by atoms with E-state index in [0.29, 0.717) is 0 Å². The highest BCUT2D eigenvalue weighted by molar-refractivity contribution is 6.04. The highest BCUT2D eigenvalue weighted by Gasteiger charge is 2.43. The van der Waals surface area contributed by atoms with E-state index >= 15 is 0 Å². The molecule has 2 atom stereocenters. The van der Waals surface area contributed by atoms with Crippen LogP contribution in [0.1, 0.15) is 76.9 Å². The molecule has 8 nitrogen and oxygen atoms in total. The van der Waals surface area contributed by atoms with E-state index in [-0.39, 0.29) is 35.3 Å². The van der Waals surface area contributed by atoms with Gasteiger partial charge in [-0.1, -0.05) is 13.8 Å². The molecule has 1 aromatic carbocycles. The third-order valence-electron chi connectivity index (χ3n) is 5.31. The fourth-order valence-electron chi connectivity index (χ4n) is 3.20. The van der Waals surface area contributed by atoms with Crippen LogP contribution in [0.15, 0.2) is 23.2 Å². The minimum absolute atomic E-state index is 0.0182. The van der Waals surface area contributed by atoms with E-state index in [0.717, 1.165) is 12.1 Å². The number of guanidine groups is 1. The Hall–Kier alpha value is -2.97. The van der Waals surface area contributed by atoms with Crippen molar-refractivity contribution in [2.24, 2.45) is 10.9 Å². The average Bonchev–Trinajstić information content (AvgIpc) is 2.58. The number of aromatic carboxylic acids is 1. The molecule has 9 heteroatoms. The van der Waals surface area contributed by atoms with Crippen LogP contribution < -0.4 is 5.32 Å². The molecule has 2 amide bonds. The fourth-order valence-corrected chi connectivity index (χ4v) is 3.20. The summed E-state index contributed by atoms with van der Waals surface area (Å²) in [6, 6.07) is 2.57. The maximum absolute atomic E-state index is 14.0. The summed E-state index contributed by atoms with van der Waals surface area (Å²) in [5.74, 6) is -2.34. The van der Waals surface area contributed by atoms with E-state index in [4.69, 9.17) is 4.74 Å². The number of halogens is 1. The van der Waals surface area contributed by atoms with Gasteiger partial charge >= 0.3 is 12.1 Å². The second kappa shape index (κ2) is 8.64. The van der Waals surface area contributed by atoms with E-state index in [2.05, 4.69) is 10.3 Å². The first kappa shape index (κ1) is 24.3. The zero-order valence-corrected chi connectivity index (χ0v) is 18.9. The van der Waals surface area contributed by atoms with Gasteiger partial charge in [-0.05, 0) is 64.3 Å². The standard InChI is InChI=1S/C22H30FN3O5/c1-12(2)22(7)11-17(27)26(19(25-22)24-20(30)31-21(4,5)6)13(3)14-8-15(18(28)29)10-16(23)9-14/h8-10,12-13H,11H2,1-7H3,(H,28,29)(H,24,25,30)/t13-,22+/m1/s1. The predicted octanol–water partition coefficient (Wildman–Crippen LogP) is 4.11. The lowest BCUT2D eigenvalue weighted by Crippen LogP contribution is -2.64. The van der Waals surface area contributed by atoms with E-state index in [1.54, 1.807) is 27.7 Å². The minimum atomic E-state index is -1.29. The molecule has 0 bridgehead atoms. The maximum atomic E-state index is 14.0. The van der Waals surface area contributed by atoms with E-state index in [1.165, 1.54) is 11.0 Å². The highest BCUT2D eigenvalue weighted by Crippen LogP contribution is 2.32. The molecule has 31 heavy (non-hydrogen) atoms. The summed E-state index contributed by atoms with van der Waals surface area (Å²) >= 11 is 0. The predicted molar refractivity (Wildman–Crippen MR) is 113 cm³/mol. The van der Waals surface area contributed by atoms with E-state index < -0.39 is 35.1 Å². The Morgan fingerprint density at radius 2 is 1.87 bits per heavy atom. The third kappa shape index (κ3) is 5.80. The molecule has 0 aromatic heterocycles. The molecule has 1 aliphatic heterocycles. The number of carboxylic acid groups (broad SMARTS) is 1. The smallest absolute Gasteiger partial charge is 0.437 e. The van der Waals surface area contributed by atoms with Crippen molar-refractivity contribution in [2.45, 2.75) is 72.1 Å². The average molecular weight is 435 g/mol. The van der Waals surface area contributed by atoms with Crippen molar-refractivity contribution in [1.82, 2.24) is 10.2 Å². The monoisotopic (exact) mass is 435 g/mol. The molecule has 170 valence electrons. The van der Waals surface area contributed by atoms with Crippen LogP contribution in [0.3, 0.4) is 0 Å². The normalized spacial score (nSPS) is 21.8. The summed E-state index contributed by atoms with van der Waals surface area (Å²) in [7, 11) is 0. The molecule has 0 radical (unpaired) electrons. The van der Waals surface area contributed by atoms with Crippen LogP contribution in [0.5, 0.6) is 0 Å². The summed E-state index contributed by atoms with van der Waals surface area (Å²) in [5.41, 5.74) is -1.42. The van der Waals surface area contributed by atoms with Gasteiger partial charge in [0.05, 0.1) is 18.0 Å². The SMILES string of the molecule is CC(C)[C@]1(C)CC(=O)N([C@H](C)c2cc(F)cc(C(=O)O)c2)/C(=N\C(=O)OC(C)(C)C)N1. The maximum Gasteiger partial charge on any atom is 0.437 e. The molecule has 0 saturated carbocycles. The Bertz CT molecular complexity index is 922. The molecule has 0 spiro atoms. The summed E-state index contributed by atoms with van der Waals surface area (Å²) < 4.78 is 19.3. The van der Waals surface area contributed by atoms with Crippen molar-refractivity contribution in [3.63, 3.8) is 0 Å². The van der Waals surface area contributed by atoms with Gasteiger partial charge in [0.1, 0.15) is 11.4 Å². The molecule has 1 heterocycles. The van der Waals surface area contributed by atoms with Crippen molar-refractivity contribution in [3.8, 4) is 0 Å². The number of hydrogen-bond donors (Lipinski definition) is 2. The van der Waals surface area contributed by atoms with Crippen molar-refractivity contribution in [1.29, 1.82) is 0 Å². The van der Waals surface area contributed by atoms with Gasteiger partial charge in [0, 0.05) is 5.54 Å². The van der Waals surface area contributed by atoms with Gasteiger partial charge in [0.15, 0.2) is 0 Å². The number of amides is 2. The molecule has 2 rings (SSSR count). The lowest BCUT2D eigenvalue weighted by molar-refractivity contribution is -0.132. The zero-order chi connectivity index (χ0) is 23.7. The third-order valence-corrected chi connectivity index (χ3v) is 5.31. The number of ether oxygens (including phenoxy) is 1. The molecule has 1 fully saturated rings. The quantitative estimate of drug-likeness (QED) is 0.737. The lowest BCUT2D eigenvalue weighted by atomic mass is 9.83. The largest absolute Gasteiger partial charge is 0.478 e. The number of carbonyl (C=O) groups excluding carboxylic acids is 2. The Labute approximate surface area is 181 Å². The van der Waals surface area contributed by atoms with Crippen LogP contribution in [-0.4, -0.2) is 45.1 Å². The van der Waals surface area contributed by atoms with Crippen molar-refractivity contribution in [2.75, 3.05) is 0 Å². The van der Waals surface area contributed by atoms with E-state index in [1.807, 2.05) is 20.8 Å². The van der Waals surface area contributed by atoms with Crippen LogP contribution in [0.2, 0.25) is 0 Å². The van der Waals surface area contributed by atoms with Crippen LogP contribution in [0.4, 0.5) is 9.18 Å². The lowest BCUT2D eigenvalue weighted by Gasteiger charge is -2.45. The topological polar surface area (TPSA) is 108 Å². The molecule has 1 saturated heterocycles. The number of nitrogens with one attached hydrogen (secondary N) is 1. The van der Waals surface area contributed by atoms with Gasteiger partial charge in [0.25, 0.3) is 0 Å². The number of nitrogens with zero attached hydrogens (tertiary/aromatic N) is 2. The van der Waals surface area contributed by atoms with Crippen LogP contribution >= 0.6 is 0 Å². The van der Waals surface area contributed by atoms with E-state index in [9.17, 15) is 23.9 Å². The summed E-state index contributed by atoms with van der Waals surface area (Å²) in [4.78, 5) is 42.1. The first-order chi connectivity index (χ1) is 14.1. The second-order valence-electron chi connectivity index (χ2n) is 9.31. The van der Waals surface area contributed by atoms with Crippen molar-refractivity contribution >= 4 is 23.9 Å². The highest BCUT2D eigenvalue weighted by atomic mass is 19.1. The fraction of sp³-hybridized carbons (Fsp3) is 0.545. The minimum Gasteiger partial charge on any atom is -0.478 e. The summed E-state index contributed by atoms with van der Waals surface area (Å²) in [6.45, 7) is 12.4. The molecule has 1 aromatic rings. The van der Waals surface area contributed by atoms with Gasteiger partial charge in [-0.3, -0.25) is 9.69 Å². The number of carboxylic acids is 1. The zero-order valence-electron chi connectivity index (χ0n) is 18.9. The number of hydrogen-bond acceptors (Lipinski definition) is 4. The van der Waals surface area contributed by atoms with Gasteiger partial charge < -0.3 is 15.2 Å². The molecule has 1 aliphatic rings. The van der Waals surface area contributed by atoms with Gasteiger partial charge in [-0.25, -0.2) is 14.0 Å². The molecular formula is C22H30FN3O5. The summed E-state index contributed by atoms with van der Waals surface area (Å²) in [6.07, 6.45) is -0.762. The second-order valence-corrected chi connectivity index (χ2v) is 9.31. The number of rotatable bonds is 4. The van der Waals surface area contributed by atoms with Crippen molar-refractivity contribution in [3.05, 3.63) is 35.1 Å². The Morgan fingerprint density at radius 1 is 1.26 bits per heavy atom. The Morgan fingerprint density at radius 3 is 2.39 bits per heavy atom. The first-order valence-electron chi connectivity index (χ1n) is 10.1. The number of aliphatic imine (C=N–C) groups is 1. The van der Waals surface area contributed by atoms with Crippen molar-refractivity contribution < 1.29 is 28.6 Å². The Balaban J connectivity index is 2.52. The molecule has 2 N–H and O–H groups in total. The van der Waals surface area contributed by atoms with Gasteiger partial charge in [-0.15, -0.1) is 4.99 Å². The molecule has 0 unspecified atom stereocenters. The van der Waals surface area contributed by atoms with Crippen LogP contribution in [0.25, 0.3) is 0 Å². The summed E-state index contributed by atoms with van der Waals surface area (Å²) in [5, 5.41) is 12.4. The number of benzene rings is 1.